The molecule has 0 aromatic heterocycles. The maximum Gasteiger partial charge on any atom is 0.326 e. The summed E-state index contributed by atoms with van der Waals surface area (Å²) in [5.74, 6) is -7.34. The highest BCUT2D eigenvalue weighted by Crippen LogP contribution is 2.20. The monoisotopic (exact) mass is 975 g/mol. The number of aliphatic hydroxyl groups excluding tert-OH is 1. The van der Waals surface area contributed by atoms with Crippen molar-refractivity contribution < 1.29 is 53.4 Å². The van der Waals surface area contributed by atoms with E-state index in [-0.39, 0.29) is 75.2 Å². The molecule has 8 amide bonds. The molecule has 1 heterocycles. The lowest BCUT2D eigenvalue weighted by Gasteiger charge is -2.30. The molecule has 0 aromatic rings. The minimum absolute atomic E-state index is 0.0508. The van der Waals surface area contributed by atoms with E-state index in [2.05, 4.69) is 54.8 Å². The van der Waals surface area contributed by atoms with Gasteiger partial charge < -0.3 is 69.5 Å². The molecule has 0 spiro atoms. The fourth-order valence-corrected chi connectivity index (χ4v) is 7.56. The second-order valence-corrected chi connectivity index (χ2v) is 18.6. The average molecular weight is 975 g/mol. The third kappa shape index (κ3) is 20.7. The van der Waals surface area contributed by atoms with E-state index in [1.165, 1.54) is 37.4 Å². The average Bonchev–Trinajstić information content (AvgIpc) is 3.72. The smallest absolute Gasteiger partial charge is 0.326 e. The van der Waals surface area contributed by atoms with Gasteiger partial charge in [0.15, 0.2) is 5.96 Å². The van der Waals surface area contributed by atoms with Gasteiger partial charge in [-0.05, 0) is 89.6 Å². The van der Waals surface area contributed by atoms with Gasteiger partial charge in [-0.25, -0.2) is 4.79 Å². The minimum Gasteiger partial charge on any atom is -0.480 e. The molecule has 1 fully saturated rings. The number of aliphatic carboxylic acids is 1. The molecule has 0 saturated carbocycles. The van der Waals surface area contributed by atoms with Crippen LogP contribution in [-0.2, 0) is 43.2 Å². The fourth-order valence-electron chi connectivity index (χ4n) is 6.83. The molecule has 0 aliphatic carbocycles. The number of thiol groups is 1. The van der Waals surface area contributed by atoms with E-state index in [0.717, 1.165) is 0 Å². The van der Waals surface area contributed by atoms with Crippen molar-refractivity contribution in [3.05, 3.63) is 0 Å². The molecule has 25 heteroatoms. The standard InChI is InChI=1S/C41H74N12O11S2/c1-20(2)17-27(35(58)51-29(19-65)36(59)50-28(40(63)64)18-21(3)4)49-38(61)31(24(7)54)52-34(57)25(11-9-14-45-41(43)44)48-37(60)30-12-10-15-53(30)39(62)23(6)46-33(56)26(13-16-66-8)47-32(55)22(5)42/h20-31,54,65H,9-19,42H2,1-8H3,(H,46,56)(H,47,55)(H,48,60)(H,49,61)(H,50,59)(H,51,58)(H,52,57)(H,63,64)(H4,43,44,45)/t22-,23-,24+,25-,26-,27-,28-,29-,30-,31-/m0/s1. The zero-order valence-corrected chi connectivity index (χ0v) is 41.0. The minimum atomic E-state index is -1.67. The van der Waals surface area contributed by atoms with Gasteiger partial charge in [0.05, 0.1) is 12.1 Å². The molecule has 0 radical (unpaired) electrons. The number of hydrogen-bond donors (Lipinski definition) is 13. The predicted octanol–water partition coefficient (Wildman–Crippen LogP) is -2.97. The Labute approximate surface area is 396 Å². The van der Waals surface area contributed by atoms with Crippen LogP contribution in [-0.4, -0.2) is 166 Å². The van der Waals surface area contributed by atoms with Gasteiger partial charge in [-0.15, -0.1) is 0 Å². The maximum absolute atomic E-state index is 14.0. The number of amides is 8. The number of nitrogens with one attached hydrogen (secondary N) is 7. The first-order valence-electron chi connectivity index (χ1n) is 22.1. The quantitative estimate of drug-likeness (QED) is 0.0154. The molecule has 376 valence electrons. The summed E-state index contributed by atoms with van der Waals surface area (Å²) in [6.45, 7) is 11.5. The second kappa shape index (κ2) is 29.7. The molecule has 1 aliphatic rings. The molecule has 1 rings (SSSR count). The van der Waals surface area contributed by atoms with Crippen LogP contribution < -0.4 is 54.4 Å². The third-order valence-corrected chi connectivity index (χ3v) is 11.4. The van der Waals surface area contributed by atoms with Crippen LogP contribution in [0.2, 0.25) is 0 Å². The first kappa shape index (κ1) is 59.1. The van der Waals surface area contributed by atoms with Crippen LogP contribution in [0.4, 0.5) is 0 Å². The van der Waals surface area contributed by atoms with Gasteiger partial charge in [0.2, 0.25) is 47.3 Å². The van der Waals surface area contributed by atoms with E-state index in [1.807, 2.05) is 6.26 Å². The number of rotatable bonds is 29. The number of likely N-dealkylation sites (tertiary alicyclic amines) is 1. The van der Waals surface area contributed by atoms with Gasteiger partial charge in [-0.3, -0.25) is 43.3 Å². The van der Waals surface area contributed by atoms with Crippen molar-refractivity contribution in [3.63, 3.8) is 0 Å². The van der Waals surface area contributed by atoms with Crippen LogP contribution in [0.3, 0.4) is 0 Å². The number of carbonyl (C=O) groups is 9. The number of aliphatic imine (C=N–C) groups is 1. The van der Waals surface area contributed by atoms with Crippen molar-refractivity contribution in [2.24, 2.45) is 34.0 Å². The summed E-state index contributed by atoms with van der Waals surface area (Å²) in [5.41, 5.74) is 16.6. The fraction of sp³-hybridized carbons (Fsp3) is 0.756. The highest BCUT2D eigenvalue weighted by molar-refractivity contribution is 7.98. The van der Waals surface area contributed by atoms with E-state index in [4.69, 9.17) is 17.2 Å². The summed E-state index contributed by atoms with van der Waals surface area (Å²) in [6, 6.07) is -10.8. The Hall–Kier alpha value is -4.88. The first-order valence-corrected chi connectivity index (χ1v) is 24.1. The number of hydrogen-bond acceptors (Lipinski definition) is 14. The molecule has 1 saturated heterocycles. The maximum atomic E-state index is 14.0. The lowest BCUT2D eigenvalue weighted by Crippen LogP contribution is -2.62. The summed E-state index contributed by atoms with van der Waals surface area (Å²) >= 11 is 5.63. The lowest BCUT2D eigenvalue weighted by molar-refractivity contribution is -0.142. The highest BCUT2D eigenvalue weighted by Gasteiger charge is 2.40. The number of guanidine groups is 1. The van der Waals surface area contributed by atoms with Gasteiger partial charge in [0.1, 0.15) is 48.3 Å². The molecular formula is C41H74N12O11S2. The Bertz CT molecular complexity index is 1700. The topological polar surface area (TPSA) is 372 Å². The van der Waals surface area contributed by atoms with E-state index in [0.29, 0.717) is 12.2 Å². The van der Waals surface area contributed by atoms with Crippen LogP contribution in [0.15, 0.2) is 4.99 Å². The molecule has 23 nitrogen and oxygen atoms in total. The largest absolute Gasteiger partial charge is 0.480 e. The van der Waals surface area contributed by atoms with Crippen molar-refractivity contribution in [1.82, 2.24) is 42.1 Å². The summed E-state index contributed by atoms with van der Waals surface area (Å²) in [7, 11) is 0. The van der Waals surface area contributed by atoms with E-state index < -0.39 is 114 Å². The Morgan fingerprint density at radius 2 is 1.23 bits per heavy atom. The van der Waals surface area contributed by atoms with Gasteiger partial charge >= 0.3 is 5.97 Å². The van der Waals surface area contributed by atoms with E-state index >= 15 is 0 Å². The molecule has 10 atom stereocenters. The van der Waals surface area contributed by atoms with Crippen LogP contribution >= 0.6 is 24.4 Å². The number of nitrogens with zero attached hydrogens (tertiary/aromatic N) is 2. The van der Waals surface area contributed by atoms with Crippen molar-refractivity contribution in [3.8, 4) is 0 Å². The van der Waals surface area contributed by atoms with Crippen LogP contribution in [0.25, 0.3) is 0 Å². The summed E-state index contributed by atoms with van der Waals surface area (Å²) in [5, 5.41) is 38.2. The summed E-state index contributed by atoms with van der Waals surface area (Å²) in [6.07, 6.45) is 1.49. The molecule has 0 aromatic carbocycles. The lowest BCUT2D eigenvalue weighted by atomic mass is 10.0. The van der Waals surface area contributed by atoms with Crippen molar-refractivity contribution in [2.75, 3.05) is 30.9 Å². The molecule has 15 N–H and O–H groups in total. The summed E-state index contributed by atoms with van der Waals surface area (Å²) in [4.78, 5) is 125. The number of carboxylic acid groups (broad SMARTS) is 1. The molecule has 1 aliphatic heterocycles. The SMILES string of the molecule is CSCC[C@H](NC(=O)[C@H](C)N)C(=O)N[C@@H](C)C(=O)N1CCC[C@H]1C(=O)N[C@@H](CCCN=C(N)N)C(=O)N[C@H](C(=O)N[C@@H](CC(C)C)C(=O)N[C@@H](CS)C(=O)N[C@@H](CC(C)C)C(=O)O)[C@@H](C)O. The van der Waals surface area contributed by atoms with Crippen LogP contribution in [0, 0.1) is 11.8 Å². The number of aliphatic hydroxyl groups is 1. The first-order chi connectivity index (χ1) is 30.8. The zero-order chi connectivity index (χ0) is 50.4. The Morgan fingerprint density at radius 1 is 0.712 bits per heavy atom. The van der Waals surface area contributed by atoms with Gasteiger partial charge in [-0.2, -0.15) is 24.4 Å². The Kier molecular flexibility index (Phi) is 26.6. The van der Waals surface area contributed by atoms with E-state index in [1.54, 1.807) is 27.7 Å². The van der Waals surface area contributed by atoms with Gasteiger partial charge in [-0.1, -0.05) is 27.7 Å². The number of thioether (sulfide) groups is 1. The van der Waals surface area contributed by atoms with E-state index in [9.17, 15) is 53.4 Å². The third-order valence-electron chi connectivity index (χ3n) is 10.3. The Morgan fingerprint density at radius 3 is 1.76 bits per heavy atom. The highest BCUT2D eigenvalue weighted by atomic mass is 32.2. The van der Waals surface area contributed by atoms with Gasteiger partial charge in [0.25, 0.3) is 0 Å². The zero-order valence-electron chi connectivity index (χ0n) is 39.3. The van der Waals surface area contributed by atoms with Crippen LogP contribution in [0.5, 0.6) is 0 Å². The number of carboxylic acids is 1. The molecule has 0 unspecified atom stereocenters. The molecular weight excluding hydrogens is 901 g/mol. The number of carbonyl (C=O) groups excluding carboxylic acids is 8. The van der Waals surface area contributed by atoms with Crippen molar-refractivity contribution in [1.29, 1.82) is 0 Å². The molecule has 66 heavy (non-hydrogen) atoms. The van der Waals surface area contributed by atoms with Crippen molar-refractivity contribution >= 4 is 83.6 Å². The Balaban J connectivity index is 3.29. The van der Waals surface area contributed by atoms with Crippen molar-refractivity contribution in [2.45, 2.75) is 154 Å². The normalized spacial score (nSPS) is 17.7. The number of nitrogens with two attached hydrogens (primary N) is 3. The van der Waals surface area contributed by atoms with Crippen LogP contribution in [0.1, 0.15) is 93.4 Å². The predicted molar refractivity (Wildman–Crippen MR) is 253 cm³/mol. The summed E-state index contributed by atoms with van der Waals surface area (Å²) < 4.78 is 0. The second-order valence-electron chi connectivity index (χ2n) is 17.3. The van der Waals surface area contributed by atoms with Gasteiger partial charge in [0, 0.05) is 18.8 Å². The molecule has 0 bridgehead atoms.